The predicted molar refractivity (Wildman–Crippen MR) is 64.9 cm³/mol. The van der Waals surface area contributed by atoms with Crippen molar-refractivity contribution in [3.8, 4) is 0 Å². The van der Waals surface area contributed by atoms with Crippen LogP contribution in [0.2, 0.25) is 0 Å². The molecule has 0 radical (unpaired) electrons. The van der Waals surface area contributed by atoms with Crippen molar-refractivity contribution in [2.24, 2.45) is 5.92 Å². The van der Waals surface area contributed by atoms with E-state index in [0.29, 0.717) is 4.75 Å². The van der Waals surface area contributed by atoms with Crippen LogP contribution in [0.25, 0.3) is 0 Å². The fourth-order valence-corrected chi connectivity index (χ4v) is 3.25. The van der Waals surface area contributed by atoms with Crippen LogP contribution in [0, 0.1) is 5.92 Å². The summed E-state index contributed by atoms with van der Waals surface area (Å²) in [7, 11) is 0. The Morgan fingerprint density at radius 3 is 2.57 bits per heavy atom. The van der Waals surface area contributed by atoms with Gasteiger partial charge in [0.2, 0.25) is 0 Å². The number of hydrogen-bond donors (Lipinski definition) is 1. The van der Waals surface area contributed by atoms with Gasteiger partial charge < -0.3 is 5.32 Å². The molecule has 2 aliphatic carbocycles. The lowest BCUT2D eigenvalue weighted by Crippen LogP contribution is -2.46. The van der Waals surface area contributed by atoms with Gasteiger partial charge in [-0.25, -0.2) is 0 Å². The largest absolute Gasteiger partial charge is 0.313 e. The van der Waals surface area contributed by atoms with Gasteiger partial charge in [0.05, 0.1) is 0 Å². The average molecular weight is 213 g/mol. The fraction of sp³-hybridized carbons (Fsp3) is 1.00. The zero-order chi connectivity index (χ0) is 10.0. The summed E-state index contributed by atoms with van der Waals surface area (Å²) in [6, 6.07) is 0.743. The van der Waals surface area contributed by atoms with E-state index in [0.717, 1.165) is 12.0 Å². The van der Waals surface area contributed by atoms with E-state index in [4.69, 9.17) is 0 Å². The molecule has 0 amide bonds. The Balaban J connectivity index is 1.64. The topological polar surface area (TPSA) is 12.0 Å². The number of thioether (sulfide) groups is 1. The molecule has 1 atom stereocenters. The predicted octanol–water partition coefficient (Wildman–Crippen LogP) is 3.05. The molecule has 2 aliphatic rings. The molecule has 2 rings (SSSR count). The van der Waals surface area contributed by atoms with Gasteiger partial charge in [0.15, 0.2) is 0 Å². The van der Waals surface area contributed by atoms with Crippen LogP contribution < -0.4 is 5.32 Å². The molecule has 2 heteroatoms. The van der Waals surface area contributed by atoms with Crippen molar-refractivity contribution >= 4 is 11.8 Å². The van der Waals surface area contributed by atoms with E-state index < -0.39 is 0 Å². The van der Waals surface area contributed by atoms with E-state index in [2.05, 4.69) is 30.3 Å². The summed E-state index contributed by atoms with van der Waals surface area (Å²) in [5.74, 6) is 1.06. The van der Waals surface area contributed by atoms with E-state index in [1.54, 1.807) is 0 Å². The second-order valence-electron chi connectivity index (χ2n) is 5.20. The van der Waals surface area contributed by atoms with Crippen LogP contribution in [0.4, 0.5) is 0 Å². The first kappa shape index (κ1) is 10.8. The van der Waals surface area contributed by atoms with Crippen LogP contribution in [0.3, 0.4) is 0 Å². The van der Waals surface area contributed by atoms with Gasteiger partial charge in [0, 0.05) is 17.3 Å². The van der Waals surface area contributed by atoms with E-state index in [1.807, 2.05) is 0 Å². The average Bonchev–Trinajstić information content (AvgIpc) is 2.87. The zero-order valence-corrected chi connectivity index (χ0v) is 10.3. The molecule has 2 fully saturated rings. The van der Waals surface area contributed by atoms with Crippen LogP contribution in [-0.2, 0) is 0 Å². The Labute approximate surface area is 92.4 Å². The van der Waals surface area contributed by atoms with Crippen LogP contribution in [-0.4, -0.2) is 23.6 Å². The minimum absolute atomic E-state index is 0.609. The smallest absolute Gasteiger partial charge is 0.0281 e. The molecular formula is C12H23NS. The fourth-order valence-electron chi connectivity index (χ4n) is 2.32. The molecule has 0 aliphatic heterocycles. The molecule has 0 heterocycles. The van der Waals surface area contributed by atoms with Gasteiger partial charge in [-0.05, 0) is 38.4 Å². The first-order chi connectivity index (χ1) is 6.74. The molecule has 82 valence electrons. The quantitative estimate of drug-likeness (QED) is 0.728. The summed E-state index contributed by atoms with van der Waals surface area (Å²) in [5, 5.41) is 3.73. The van der Waals surface area contributed by atoms with Crippen LogP contribution in [0.15, 0.2) is 0 Å². The lowest BCUT2D eigenvalue weighted by atomic mass is 9.84. The Morgan fingerprint density at radius 2 is 2.14 bits per heavy atom. The van der Waals surface area contributed by atoms with Crippen molar-refractivity contribution in [2.45, 2.75) is 56.2 Å². The van der Waals surface area contributed by atoms with E-state index >= 15 is 0 Å². The molecule has 1 unspecified atom stereocenters. The molecule has 2 saturated carbocycles. The van der Waals surface area contributed by atoms with E-state index in [9.17, 15) is 0 Å². The van der Waals surface area contributed by atoms with Crippen molar-refractivity contribution in [1.29, 1.82) is 0 Å². The van der Waals surface area contributed by atoms with Crippen molar-refractivity contribution < 1.29 is 0 Å². The molecule has 0 spiro atoms. The number of nitrogens with one attached hydrogen (secondary N) is 1. The highest BCUT2D eigenvalue weighted by Crippen LogP contribution is 2.42. The van der Waals surface area contributed by atoms with Gasteiger partial charge in [-0.1, -0.05) is 19.3 Å². The summed E-state index contributed by atoms with van der Waals surface area (Å²) in [6.45, 7) is 3.59. The van der Waals surface area contributed by atoms with Crippen molar-refractivity contribution in [1.82, 2.24) is 5.32 Å². The molecule has 1 N–H and O–H groups in total. The second-order valence-corrected chi connectivity index (χ2v) is 6.48. The third-order valence-corrected chi connectivity index (χ3v) is 5.27. The Hall–Kier alpha value is 0.310. The monoisotopic (exact) mass is 213 g/mol. The third-order valence-electron chi connectivity index (χ3n) is 3.85. The van der Waals surface area contributed by atoms with Gasteiger partial charge in [-0.2, -0.15) is 11.8 Å². The van der Waals surface area contributed by atoms with Crippen molar-refractivity contribution in [3.63, 3.8) is 0 Å². The standard InChI is InChI=1S/C12H23NS/c1-10(8-11-4-5-11)13-9-12(14-2)6-3-7-12/h10-11,13H,3-9H2,1-2H3. The molecule has 0 saturated heterocycles. The van der Waals surface area contributed by atoms with Crippen molar-refractivity contribution in [2.75, 3.05) is 12.8 Å². The maximum absolute atomic E-state index is 3.73. The summed E-state index contributed by atoms with van der Waals surface area (Å²) >= 11 is 2.07. The van der Waals surface area contributed by atoms with Crippen molar-refractivity contribution in [3.05, 3.63) is 0 Å². The van der Waals surface area contributed by atoms with Crippen LogP contribution >= 0.6 is 11.8 Å². The first-order valence-corrected chi connectivity index (χ1v) is 7.25. The molecule has 0 aromatic rings. The minimum atomic E-state index is 0.609. The molecule has 1 nitrogen and oxygen atoms in total. The van der Waals surface area contributed by atoms with Gasteiger partial charge in [-0.3, -0.25) is 0 Å². The van der Waals surface area contributed by atoms with Gasteiger partial charge in [0.25, 0.3) is 0 Å². The summed E-state index contributed by atoms with van der Waals surface area (Å²) in [5.41, 5.74) is 0. The molecule has 0 bridgehead atoms. The number of hydrogen-bond acceptors (Lipinski definition) is 2. The SMILES string of the molecule is CSC1(CNC(C)CC2CC2)CCC1. The van der Waals surface area contributed by atoms with Gasteiger partial charge in [-0.15, -0.1) is 0 Å². The normalized spacial score (nSPS) is 27.0. The third kappa shape index (κ3) is 2.66. The summed E-state index contributed by atoms with van der Waals surface area (Å²) in [6.07, 6.45) is 10.9. The highest BCUT2D eigenvalue weighted by molar-refractivity contribution is 8.00. The second kappa shape index (κ2) is 4.44. The molecule has 0 aromatic heterocycles. The lowest BCUT2D eigenvalue weighted by Gasteiger charge is -2.41. The lowest BCUT2D eigenvalue weighted by molar-refractivity contribution is 0.327. The molecule has 14 heavy (non-hydrogen) atoms. The number of rotatable bonds is 6. The Kier molecular flexibility index (Phi) is 3.43. The minimum Gasteiger partial charge on any atom is -0.313 e. The van der Waals surface area contributed by atoms with Gasteiger partial charge >= 0.3 is 0 Å². The Morgan fingerprint density at radius 1 is 1.43 bits per heavy atom. The van der Waals surface area contributed by atoms with Gasteiger partial charge in [0.1, 0.15) is 0 Å². The van der Waals surface area contributed by atoms with E-state index in [-0.39, 0.29) is 0 Å². The zero-order valence-electron chi connectivity index (χ0n) is 9.51. The first-order valence-electron chi connectivity index (χ1n) is 6.03. The maximum atomic E-state index is 3.73. The van der Waals surface area contributed by atoms with E-state index in [1.165, 1.54) is 45.1 Å². The highest BCUT2D eigenvalue weighted by atomic mass is 32.2. The molecule has 0 aromatic carbocycles. The Bertz CT molecular complexity index is 179. The highest BCUT2D eigenvalue weighted by Gasteiger charge is 2.36. The summed E-state index contributed by atoms with van der Waals surface area (Å²) < 4.78 is 0.609. The van der Waals surface area contributed by atoms with Crippen LogP contribution in [0.5, 0.6) is 0 Å². The van der Waals surface area contributed by atoms with Crippen LogP contribution in [0.1, 0.15) is 45.4 Å². The maximum Gasteiger partial charge on any atom is 0.0281 e. The molecular weight excluding hydrogens is 190 g/mol. The summed E-state index contributed by atoms with van der Waals surface area (Å²) in [4.78, 5) is 0.